The third-order valence-corrected chi connectivity index (χ3v) is 14.3. The number of nitriles is 1. The zero-order valence-corrected chi connectivity index (χ0v) is 30.9. The van der Waals surface area contributed by atoms with Crippen molar-refractivity contribution in [3.63, 3.8) is 0 Å². The van der Waals surface area contributed by atoms with Crippen LogP contribution in [0.4, 0.5) is 0 Å². The third kappa shape index (κ3) is 6.50. The van der Waals surface area contributed by atoms with E-state index in [2.05, 4.69) is 68.1 Å². The average molecular weight is 685 g/mol. The van der Waals surface area contributed by atoms with Crippen LogP contribution in [-0.4, -0.2) is 41.8 Å². The molecule has 1 aromatic carbocycles. The molecule has 2 aromatic rings. The molecule has 6 rings (SSSR count). The Morgan fingerprint density at radius 2 is 1.68 bits per heavy atom. The van der Waals surface area contributed by atoms with Gasteiger partial charge in [0, 0.05) is 62.4 Å². The first-order chi connectivity index (χ1) is 23.8. The first-order valence-corrected chi connectivity index (χ1v) is 18.8. The van der Waals surface area contributed by atoms with E-state index in [0.717, 1.165) is 57.9 Å². The molecule has 0 spiro atoms. The van der Waals surface area contributed by atoms with E-state index in [0.29, 0.717) is 12.8 Å². The predicted octanol–water partition coefficient (Wildman–Crippen LogP) is 8.02. The van der Waals surface area contributed by atoms with Gasteiger partial charge in [0.15, 0.2) is 0 Å². The van der Waals surface area contributed by atoms with Crippen molar-refractivity contribution in [1.82, 2.24) is 4.57 Å². The summed E-state index contributed by atoms with van der Waals surface area (Å²) < 4.78 is 19.8. The third-order valence-electron chi connectivity index (χ3n) is 14.3. The zero-order valence-electron chi connectivity index (χ0n) is 30.9. The molecule has 0 bridgehead atoms. The number of methoxy groups -OCH3 is 1. The van der Waals surface area contributed by atoms with Crippen LogP contribution in [0.25, 0.3) is 0 Å². The molecule has 0 saturated heterocycles. The number of esters is 3. The van der Waals surface area contributed by atoms with Gasteiger partial charge in [0.1, 0.15) is 12.2 Å². The molecule has 4 aliphatic rings. The fraction of sp³-hybridized carbons (Fsp3) is 0.667. The van der Waals surface area contributed by atoms with Gasteiger partial charge in [-0.2, -0.15) is 5.26 Å². The Labute approximate surface area is 298 Å². The summed E-state index contributed by atoms with van der Waals surface area (Å²) in [6, 6.07) is 15.5. The quantitative estimate of drug-likeness (QED) is 0.184. The normalized spacial score (nSPS) is 36.5. The van der Waals surface area contributed by atoms with Gasteiger partial charge >= 0.3 is 17.9 Å². The second-order valence-corrected chi connectivity index (χ2v) is 16.7. The molecule has 8 nitrogen and oxygen atoms in total. The van der Waals surface area contributed by atoms with Crippen LogP contribution >= 0.6 is 0 Å². The molecule has 8 heteroatoms. The van der Waals surface area contributed by atoms with Crippen LogP contribution in [0.3, 0.4) is 0 Å². The molecule has 50 heavy (non-hydrogen) atoms. The number of benzene rings is 1. The Morgan fingerprint density at radius 1 is 0.980 bits per heavy atom. The van der Waals surface area contributed by atoms with Crippen molar-refractivity contribution in [2.24, 2.45) is 46.3 Å². The number of hydrogen-bond donors (Lipinski definition) is 0. The molecule has 11 atom stereocenters. The number of fused-ring (bicyclic) bond motifs is 5. The van der Waals surface area contributed by atoms with Gasteiger partial charge in [-0.25, -0.2) is 0 Å². The molecule has 1 aromatic heterocycles. The van der Waals surface area contributed by atoms with E-state index in [4.69, 9.17) is 14.2 Å². The molecule has 4 aliphatic carbocycles. The number of aromatic nitrogens is 1. The van der Waals surface area contributed by atoms with Crippen LogP contribution in [0.1, 0.15) is 110 Å². The highest BCUT2D eigenvalue weighted by Crippen LogP contribution is 2.70. The molecule has 0 N–H and O–H groups in total. The summed E-state index contributed by atoms with van der Waals surface area (Å²) in [5, 5.41) is 10.2. The second-order valence-electron chi connectivity index (χ2n) is 16.7. The van der Waals surface area contributed by atoms with Gasteiger partial charge in [0.25, 0.3) is 0 Å². The standard InChI is InChI=1S/C42H56N2O6/c1-27(9-16-38(47)48-6)33-14-15-34-39-35(24-37(41(33,34)5)50-29(3)46)40(4)17-18-42(19-20-43,25-32(40)23-36(39)49-28(2)45)31-12-10-30(11-13-31)26-44-21-7-8-22-44/h7-8,10-13,21-22,27,32-37,39H,9,14-19,23-26H2,1-6H3/t27-,32-,33-,34+,35+,36-,37+,39+,40+,41-,42+/m1/s1. The van der Waals surface area contributed by atoms with Crippen molar-refractivity contribution in [1.29, 1.82) is 5.26 Å². The molecular weight excluding hydrogens is 628 g/mol. The van der Waals surface area contributed by atoms with Crippen molar-refractivity contribution in [3.05, 3.63) is 59.9 Å². The largest absolute Gasteiger partial charge is 0.469 e. The van der Waals surface area contributed by atoms with Crippen molar-refractivity contribution in [3.8, 4) is 6.07 Å². The van der Waals surface area contributed by atoms with E-state index >= 15 is 0 Å². The second kappa shape index (κ2) is 14.2. The minimum atomic E-state index is -0.300. The van der Waals surface area contributed by atoms with Gasteiger partial charge in [-0.05, 0) is 110 Å². The van der Waals surface area contributed by atoms with Gasteiger partial charge in [0.05, 0.1) is 13.2 Å². The Kier molecular flexibility index (Phi) is 10.3. The molecular formula is C42H56N2O6. The van der Waals surface area contributed by atoms with Gasteiger partial charge < -0.3 is 18.8 Å². The molecule has 0 aliphatic heterocycles. The van der Waals surface area contributed by atoms with Crippen molar-refractivity contribution in [2.75, 3.05) is 7.11 Å². The van der Waals surface area contributed by atoms with Crippen molar-refractivity contribution in [2.45, 2.75) is 123 Å². The Hall–Kier alpha value is -3.60. The van der Waals surface area contributed by atoms with Crippen LogP contribution < -0.4 is 0 Å². The predicted molar refractivity (Wildman–Crippen MR) is 189 cm³/mol. The van der Waals surface area contributed by atoms with Gasteiger partial charge in [0.2, 0.25) is 0 Å². The molecule has 1 heterocycles. The summed E-state index contributed by atoms with van der Waals surface area (Å²) >= 11 is 0. The van der Waals surface area contributed by atoms with E-state index in [9.17, 15) is 19.6 Å². The SMILES string of the molecule is COC(=O)CC[C@@H](C)[C@H]1CC[C@H]2[C@@H]3[C@H](OC(C)=O)C[C@@H]4C[C@](CC#N)(c5ccc(Cn6cccc6)cc5)CC[C@]4(C)[C@H]3C[C@H](OC(C)=O)[C@]12C. The number of hydrogen-bond acceptors (Lipinski definition) is 7. The Balaban J connectivity index is 1.32. The highest BCUT2D eigenvalue weighted by Gasteiger charge is 2.68. The maximum absolute atomic E-state index is 12.8. The summed E-state index contributed by atoms with van der Waals surface area (Å²) in [7, 11) is 1.43. The lowest BCUT2D eigenvalue weighted by Crippen LogP contribution is -2.64. The first-order valence-electron chi connectivity index (χ1n) is 18.8. The molecule has 270 valence electrons. The van der Waals surface area contributed by atoms with E-state index in [1.807, 2.05) is 12.1 Å². The minimum absolute atomic E-state index is 0.0526. The molecule has 0 unspecified atom stereocenters. The topological polar surface area (TPSA) is 108 Å². The van der Waals surface area contributed by atoms with Crippen molar-refractivity contribution < 1.29 is 28.6 Å². The molecule has 0 amide bonds. The van der Waals surface area contributed by atoms with Crippen molar-refractivity contribution >= 4 is 17.9 Å². The van der Waals surface area contributed by atoms with E-state index in [-0.39, 0.29) is 81.9 Å². The van der Waals surface area contributed by atoms with Crippen LogP contribution in [0.5, 0.6) is 0 Å². The maximum atomic E-state index is 12.8. The smallest absolute Gasteiger partial charge is 0.305 e. The van der Waals surface area contributed by atoms with Crippen LogP contribution in [-0.2, 0) is 40.6 Å². The minimum Gasteiger partial charge on any atom is -0.469 e. The van der Waals surface area contributed by atoms with Crippen LogP contribution in [0.15, 0.2) is 48.8 Å². The number of nitrogens with zero attached hydrogens (tertiary/aromatic N) is 2. The lowest BCUT2D eigenvalue weighted by atomic mass is 9.41. The summed E-state index contributed by atoms with van der Waals surface area (Å²) in [4.78, 5) is 37.6. The summed E-state index contributed by atoms with van der Waals surface area (Å²) in [5.41, 5.74) is 1.82. The number of carbonyl (C=O) groups excluding carboxylic acids is 3. The van der Waals surface area contributed by atoms with E-state index in [1.54, 1.807) is 0 Å². The molecule has 0 radical (unpaired) electrons. The summed E-state index contributed by atoms with van der Waals surface area (Å²) in [5.74, 6) is 0.634. The first kappa shape index (κ1) is 36.2. The van der Waals surface area contributed by atoms with E-state index in [1.165, 1.54) is 32.1 Å². The Morgan fingerprint density at radius 3 is 2.32 bits per heavy atom. The van der Waals surface area contributed by atoms with E-state index < -0.39 is 0 Å². The average Bonchev–Trinajstić information content (AvgIpc) is 3.72. The lowest BCUT2D eigenvalue weighted by Gasteiger charge is -2.65. The number of carbonyl (C=O) groups is 3. The fourth-order valence-electron chi connectivity index (χ4n) is 11.9. The zero-order chi connectivity index (χ0) is 35.8. The lowest BCUT2D eigenvalue weighted by molar-refractivity contribution is -0.222. The Bertz CT molecular complexity index is 1580. The summed E-state index contributed by atoms with van der Waals surface area (Å²) in [6.07, 6.45) is 11.4. The monoisotopic (exact) mass is 684 g/mol. The fourth-order valence-corrected chi connectivity index (χ4v) is 11.9. The van der Waals surface area contributed by atoms with Gasteiger partial charge in [-0.3, -0.25) is 14.4 Å². The number of rotatable bonds is 10. The number of ether oxygens (including phenoxy) is 3. The van der Waals surface area contributed by atoms with Gasteiger partial charge in [-0.1, -0.05) is 45.0 Å². The maximum Gasteiger partial charge on any atom is 0.305 e. The van der Waals surface area contributed by atoms with Crippen LogP contribution in [0.2, 0.25) is 0 Å². The molecule has 4 fully saturated rings. The van der Waals surface area contributed by atoms with Gasteiger partial charge in [-0.15, -0.1) is 0 Å². The van der Waals surface area contributed by atoms with Crippen LogP contribution in [0, 0.1) is 57.7 Å². The highest BCUT2D eigenvalue weighted by atomic mass is 16.5. The highest BCUT2D eigenvalue weighted by molar-refractivity contribution is 5.69. The molecule has 4 saturated carbocycles. The summed E-state index contributed by atoms with van der Waals surface area (Å²) in [6.45, 7) is 10.8.